The lowest BCUT2D eigenvalue weighted by Gasteiger charge is -2.26. The number of aliphatic hydroxyl groups excluding tert-OH is 2. The summed E-state index contributed by atoms with van der Waals surface area (Å²) in [5.74, 6) is 0.502. The van der Waals surface area contributed by atoms with Gasteiger partial charge in [-0.05, 0) is 43.6 Å². The number of benzene rings is 1. The third-order valence-electron chi connectivity index (χ3n) is 4.36. The van der Waals surface area contributed by atoms with E-state index in [2.05, 4.69) is 0 Å². The van der Waals surface area contributed by atoms with Crippen molar-refractivity contribution in [2.45, 2.75) is 63.6 Å². The first kappa shape index (κ1) is 14.5. The van der Waals surface area contributed by atoms with E-state index in [4.69, 9.17) is 0 Å². The van der Waals surface area contributed by atoms with E-state index in [-0.39, 0.29) is 12.2 Å². The Balaban J connectivity index is 1.68. The molecule has 19 heavy (non-hydrogen) atoms. The number of hydrogen-bond donors (Lipinski definition) is 2. The Morgan fingerprint density at radius 3 is 2.32 bits per heavy atom. The van der Waals surface area contributed by atoms with Crippen molar-refractivity contribution in [3.63, 3.8) is 0 Å². The van der Waals surface area contributed by atoms with Gasteiger partial charge in [-0.3, -0.25) is 0 Å². The van der Waals surface area contributed by atoms with E-state index in [1.807, 2.05) is 30.3 Å². The third-order valence-corrected chi connectivity index (χ3v) is 4.36. The maximum absolute atomic E-state index is 10.2. The highest BCUT2D eigenvalue weighted by molar-refractivity contribution is 5.16. The molecule has 0 aromatic heterocycles. The summed E-state index contributed by atoms with van der Waals surface area (Å²) < 4.78 is 0. The minimum absolute atomic E-state index is 0.164. The van der Waals surface area contributed by atoms with Crippen LogP contribution >= 0.6 is 0 Å². The molecule has 1 aliphatic rings. The van der Waals surface area contributed by atoms with Crippen molar-refractivity contribution in [2.75, 3.05) is 0 Å². The SMILES string of the molecule is O[C@H](CCC[C@H](O)C1CCCCC1)c1ccccc1. The molecule has 2 rings (SSSR count). The minimum atomic E-state index is -0.389. The van der Waals surface area contributed by atoms with Gasteiger partial charge >= 0.3 is 0 Å². The van der Waals surface area contributed by atoms with E-state index < -0.39 is 0 Å². The van der Waals surface area contributed by atoms with Crippen molar-refractivity contribution < 1.29 is 10.2 Å². The maximum Gasteiger partial charge on any atom is 0.0790 e. The second-order valence-electron chi connectivity index (χ2n) is 5.82. The summed E-state index contributed by atoms with van der Waals surface area (Å²) in [5.41, 5.74) is 0.981. The van der Waals surface area contributed by atoms with Gasteiger partial charge in [0, 0.05) is 0 Å². The zero-order valence-electron chi connectivity index (χ0n) is 11.7. The average Bonchev–Trinajstić information content (AvgIpc) is 2.49. The van der Waals surface area contributed by atoms with Crippen LogP contribution in [0, 0.1) is 5.92 Å². The summed E-state index contributed by atoms with van der Waals surface area (Å²) in [4.78, 5) is 0. The summed E-state index contributed by atoms with van der Waals surface area (Å²) in [7, 11) is 0. The molecule has 1 aromatic carbocycles. The fourth-order valence-corrected chi connectivity index (χ4v) is 3.12. The number of rotatable bonds is 6. The lowest BCUT2D eigenvalue weighted by atomic mass is 9.83. The van der Waals surface area contributed by atoms with Gasteiger partial charge in [0.05, 0.1) is 12.2 Å². The fraction of sp³-hybridized carbons (Fsp3) is 0.647. The molecule has 1 fully saturated rings. The molecular formula is C17H26O2. The molecular weight excluding hydrogens is 236 g/mol. The summed E-state index contributed by atoms with van der Waals surface area (Å²) >= 11 is 0. The Hall–Kier alpha value is -0.860. The van der Waals surface area contributed by atoms with Crippen molar-refractivity contribution in [3.05, 3.63) is 35.9 Å². The Labute approximate surface area is 116 Å². The molecule has 2 N–H and O–H groups in total. The van der Waals surface area contributed by atoms with Gasteiger partial charge in [0.25, 0.3) is 0 Å². The van der Waals surface area contributed by atoms with Crippen LogP contribution in [0.5, 0.6) is 0 Å². The van der Waals surface area contributed by atoms with Crippen LogP contribution in [0.2, 0.25) is 0 Å². The highest BCUT2D eigenvalue weighted by atomic mass is 16.3. The first-order valence-electron chi connectivity index (χ1n) is 7.68. The van der Waals surface area contributed by atoms with Gasteiger partial charge in [0.15, 0.2) is 0 Å². The highest BCUT2D eigenvalue weighted by Gasteiger charge is 2.21. The van der Waals surface area contributed by atoms with Crippen LogP contribution in [0.4, 0.5) is 0 Å². The molecule has 0 heterocycles. The van der Waals surface area contributed by atoms with Gasteiger partial charge in [0.1, 0.15) is 0 Å². The topological polar surface area (TPSA) is 40.5 Å². The van der Waals surface area contributed by atoms with Crippen molar-refractivity contribution in [3.8, 4) is 0 Å². The van der Waals surface area contributed by atoms with Crippen LogP contribution in [0.25, 0.3) is 0 Å². The monoisotopic (exact) mass is 262 g/mol. The summed E-state index contributed by atoms with van der Waals surface area (Å²) in [5, 5.41) is 20.2. The quantitative estimate of drug-likeness (QED) is 0.818. The minimum Gasteiger partial charge on any atom is -0.393 e. The van der Waals surface area contributed by atoms with Crippen molar-refractivity contribution in [2.24, 2.45) is 5.92 Å². The molecule has 0 bridgehead atoms. The smallest absolute Gasteiger partial charge is 0.0790 e. The van der Waals surface area contributed by atoms with Gasteiger partial charge in [0.2, 0.25) is 0 Å². The highest BCUT2D eigenvalue weighted by Crippen LogP contribution is 2.29. The molecule has 1 aliphatic carbocycles. The van der Waals surface area contributed by atoms with Crippen molar-refractivity contribution in [1.82, 2.24) is 0 Å². The van der Waals surface area contributed by atoms with Gasteiger partial charge in [-0.1, -0.05) is 49.6 Å². The zero-order chi connectivity index (χ0) is 13.5. The summed E-state index contributed by atoms with van der Waals surface area (Å²) in [6, 6.07) is 9.79. The van der Waals surface area contributed by atoms with E-state index in [1.165, 1.54) is 32.1 Å². The molecule has 2 atom stereocenters. The Morgan fingerprint density at radius 1 is 0.947 bits per heavy atom. The zero-order valence-corrected chi connectivity index (χ0v) is 11.7. The number of aliphatic hydroxyl groups is 2. The van der Waals surface area contributed by atoms with Gasteiger partial charge in [-0.25, -0.2) is 0 Å². The predicted molar refractivity (Wildman–Crippen MR) is 77.8 cm³/mol. The van der Waals surface area contributed by atoms with Crippen LogP contribution < -0.4 is 0 Å². The molecule has 1 aromatic rings. The Kier molecular flexibility index (Phi) is 5.87. The van der Waals surface area contributed by atoms with Gasteiger partial charge < -0.3 is 10.2 Å². The molecule has 0 radical (unpaired) electrons. The summed E-state index contributed by atoms with van der Waals surface area (Å²) in [6.07, 6.45) is 8.16. The average molecular weight is 262 g/mol. The molecule has 0 spiro atoms. The van der Waals surface area contributed by atoms with E-state index >= 15 is 0 Å². The molecule has 2 nitrogen and oxygen atoms in total. The van der Waals surface area contributed by atoms with E-state index in [1.54, 1.807) is 0 Å². The third kappa shape index (κ3) is 4.63. The molecule has 0 amide bonds. The molecule has 106 valence electrons. The van der Waals surface area contributed by atoms with Crippen molar-refractivity contribution >= 4 is 0 Å². The van der Waals surface area contributed by atoms with Crippen LogP contribution in [0.15, 0.2) is 30.3 Å². The van der Waals surface area contributed by atoms with Crippen LogP contribution in [0.1, 0.15) is 63.0 Å². The van der Waals surface area contributed by atoms with Crippen LogP contribution in [-0.2, 0) is 0 Å². The second kappa shape index (κ2) is 7.66. The van der Waals surface area contributed by atoms with Crippen molar-refractivity contribution in [1.29, 1.82) is 0 Å². The predicted octanol–water partition coefficient (Wildman–Crippen LogP) is 3.83. The van der Waals surface area contributed by atoms with E-state index in [0.717, 1.165) is 24.8 Å². The normalized spacial score (nSPS) is 20.1. The maximum atomic E-state index is 10.2. The molecule has 0 unspecified atom stereocenters. The largest absolute Gasteiger partial charge is 0.393 e. The molecule has 1 saturated carbocycles. The lowest BCUT2D eigenvalue weighted by Crippen LogP contribution is -2.22. The van der Waals surface area contributed by atoms with E-state index in [0.29, 0.717) is 5.92 Å². The number of hydrogen-bond acceptors (Lipinski definition) is 2. The standard InChI is InChI=1S/C17H26O2/c18-16(14-8-3-1-4-9-14)12-7-13-17(19)15-10-5-2-6-11-15/h1,3-4,8-9,15-19H,2,5-7,10-13H2/t16-,17+/m1/s1. The Bertz CT molecular complexity index is 344. The molecule has 0 saturated heterocycles. The molecule has 0 aliphatic heterocycles. The van der Waals surface area contributed by atoms with Crippen LogP contribution in [0.3, 0.4) is 0 Å². The van der Waals surface area contributed by atoms with Gasteiger partial charge in [-0.15, -0.1) is 0 Å². The van der Waals surface area contributed by atoms with E-state index in [9.17, 15) is 10.2 Å². The molecule has 2 heteroatoms. The lowest BCUT2D eigenvalue weighted by molar-refractivity contribution is 0.0694. The first-order valence-corrected chi connectivity index (χ1v) is 7.68. The fourth-order valence-electron chi connectivity index (χ4n) is 3.12. The first-order chi connectivity index (χ1) is 9.27. The van der Waals surface area contributed by atoms with Gasteiger partial charge in [-0.2, -0.15) is 0 Å². The summed E-state index contributed by atoms with van der Waals surface area (Å²) in [6.45, 7) is 0. The Morgan fingerprint density at radius 2 is 1.63 bits per heavy atom. The second-order valence-corrected chi connectivity index (χ2v) is 5.82. The van der Waals surface area contributed by atoms with Crippen LogP contribution in [-0.4, -0.2) is 16.3 Å².